The molecule has 86 valence electrons. The maximum Gasteiger partial charge on any atom is 0.169 e. The van der Waals surface area contributed by atoms with Crippen LogP contribution in [-0.2, 0) is 4.79 Å². The zero-order chi connectivity index (χ0) is 11.7. The van der Waals surface area contributed by atoms with Crippen molar-refractivity contribution in [3.8, 4) is 0 Å². The lowest BCUT2D eigenvalue weighted by Gasteiger charge is -2.30. The summed E-state index contributed by atoms with van der Waals surface area (Å²) in [5.74, 6) is -0.364. The summed E-state index contributed by atoms with van der Waals surface area (Å²) in [6, 6.07) is 7.37. The first-order valence-corrected chi connectivity index (χ1v) is 6.84. The van der Waals surface area contributed by atoms with Crippen molar-refractivity contribution >= 4 is 40.0 Å². The molecule has 0 spiro atoms. The summed E-state index contributed by atoms with van der Waals surface area (Å²) >= 11 is 8.37. The Morgan fingerprint density at radius 1 is 1.31 bits per heavy atom. The molecule has 1 saturated carbocycles. The zero-order valence-electron chi connectivity index (χ0n) is 8.57. The summed E-state index contributed by atoms with van der Waals surface area (Å²) in [4.78, 5) is 12.0. The Hall–Kier alpha value is -0.130. The maximum absolute atomic E-state index is 12.0. The molecule has 3 atom stereocenters. The first-order valence-electron chi connectivity index (χ1n) is 5.21. The van der Waals surface area contributed by atoms with Crippen molar-refractivity contribution in [1.29, 1.82) is 0 Å². The number of hydrogen-bond donors (Lipinski definition) is 1. The third-order valence-electron chi connectivity index (χ3n) is 2.95. The number of carbonyl (C=O) groups is 1. The van der Waals surface area contributed by atoms with Crippen molar-refractivity contribution in [1.82, 2.24) is 0 Å². The van der Waals surface area contributed by atoms with Crippen molar-refractivity contribution in [3.05, 3.63) is 34.9 Å². The fraction of sp³-hybridized carbons (Fsp3) is 0.417. The van der Waals surface area contributed by atoms with Crippen molar-refractivity contribution < 1.29 is 9.90 Å². The van der Waals surface area contributed by atoms with Crippen LogP contribution in [0.4, 0.5) is 0 Å². The molecule has 1 fully saturated rings. The number of halogens is 2. The molecule has 0 aliphatic heterocycles. The highest BCUT2D eigenvalue weighted by Crippen LogP contribution is 2.38. The van der Waals surface area contributed by atoms with Gasteiger partial charge in [-0.05, 0) is 24.5 Å². The van der Waals surface area contributed by atoms with Crippen LogP contribution in [0.1, 0.15) is 24.3 Å². The van der Waals surface area contributed by atoms with Crippen molar-refractivity contribution in [2.75, 3.05) is 0 Å². The van der Waals surface area contributed by atoms with Crippen LogP contribution in [0.5, 0.6) is 0 Å². The largest absolute Gasteiger partial charge is 0.385 e. The fourth-order valence-electron chi connectivity index (χ4n) is 2.09. The summed E-state index contributed by atoms with van der Waals surface area (Å²) in [7, 11) is 0. The number of rotatable bonds is 1. The molecule has 0 unspecified atom stereocenters. The second kappa shape index (κ2) is 5.02. The number of carbonyl (C=O) groups excluding carboxylic acids is 1. The summed E-state index contributed by atoms with van der Waals surface area (Å²) in [6.07, 6.45) is 0.587. The summed E-state index contributed by atoms with van der Waals surface area (Å²) < 4.78 is 0.216. The van der Waals surface area contributed by atoms with Crippen molar-refractivity contribution in [3.63, 3.8) is 0 Å². The Morgan fingerprint density at radius 2 is 2.00 bits per heavy atom. The minimum Gasteiger partial charge on any atom is -0.385 e. The number of hydrogen-bond acceptors (Lipinski definition) is 2. The van der Waals surface area contributed by atoms with Gasteiger partial charge in [-0.15, -0.1) is 0 Å². The molecule has 0 amide bonds. The van der Waals surface area contributed by atoms with E-state index in [-0.39, 0.29) is 15.6 Å². The number of ketones is 1. The Morgan fingerprint density at radius 3 is 2.69 bits per heavy atom. The molecule has 0 heterocycles. The molecule has 2 nitrogen and oxygen atoms in total. The molecule has 16 heavy (non-hydrogen) atoms. The van der Waals surface area contributed by atoms with E-state index in [0.29, 0.717) is 11.4 Å². The van der Waals surface area contributed by atoms with Crippen LogP contribution in [0, 0.1) is 0 Å². The SMILES string of the molecule is O=C1[C@H](O)CC[C@@H](I)[C@H]1c1ccccc1Cl. The van der Waals surface area contributed by atoms with Gasteiger partial charge in [0.2, 0.25) is 0 Å². The van der Waals surface area contributed by atoms with Crippen molar-refractivity contribution in [2.24, 2.45) is 0 Å². The standard InChI is InChI=1S/C12H12ClIO2/c13-8-4-2-1-3-7(8)11-9(14)5-6-10(15)12(11)16/h1-4,9-11,15H,5-6H2/t9-,10-,11-/m1/s1. The maximum atomic E-state index is 12.0. The van der Waals surface area contributed by atoms with Gasteiger partial charge in [0.05, 0.1) is 5.92 Å². The summed E-state index contributed by atoms with van der Waals surface area (Å²) in [5, 5.41) is 10.2. The Kier molecular flexibility index (Phi) is 3.87. The van der Waals surface area contributed by atoms with E-state index in [1.807, 2.05) is 18.2 Å². The Bertz CT molecular complexity index is 408. The second-order valence-corrected chi connectivity index (χ2v) is 6.02. The minimum atomic E-state index is -0.827. The number of aliphatic hydroxyl groups excluding tert-OH is 1. The van der Waals surface area contributed by atoms with Gasteiger partial charge in [-0.1, -0.05) is 52.4 Å². The van der Waals surface area contributed by atoms with Gasteiger partial charge in [0.25, 0.3) is 0 Å². The Balaban J connectivity index is 2.38. The van der Waals surface area contributed by atoms with Crippen LogP contribution >= 0.6 is 34.2 Å². The molecule has 1 aliphatic carbocycles. The van der Waals surface area contributed by atoms with E-state index in [4.69, 9.17) is 11.6 Å². The zero-order valence-corrected chi connectivity index (χ0v) is 11.5. The van der Waals surface area contributed by atoms with E-state index in [1.165, 1.54) is 0 Å². The van der Waals surface area contributed by atoms with Gasteiger partial charge in [0.1, 0.15) is 6.10 Å². The Labute approximate surface area is 113 Å². The van der Waals surface area contributed by atoms with E-state index in [1.54, 1.807) is 6.07 Å². The van der Waals surface area contributed by atoms with Gasteiger partial charge in [-0.25, -0.2) is 0 Å². The minimum absolute atomic E-state index is 0.0984. The molecular formula is C12H12ClIO2. The highest BCUT2D eigenvalue weighted by atomic mass is 127. The molecule has 1 aromatic rings. The normalized spacial score (nSPS) is 30.4. The van der Waals surface area contributed by atoms with Gasteiger partial charge in [0, 0.05) is 8.95 Å². The van der Waals surface area contributed by atoms with Crippen LogP contribution in [0.25, 0.3) is 0 Å². The summed E-state index contributed by atoms with van der Waals surface area (Å²) in [6.45, 7) is 0. The number of alkyl halides is 1. The van der Waals surface area contributed by atoms with Crippen LogP contribution in [0.15, 0.2) is 24.3 Å². The van der Waals surface area contributed by atoms with Crippen LogP contribution < -0.4 is 0 Å². The number of benzene rings is 1. The fourth-order valence-corrected chi connectivity index (χ4v) is 3.44. The van der Waals surface area contributed by atoms with Crippen LogP contribution in [-0.4, -0.2) is 20.9 Å². The van der Waals surface area contributed by atoms with E-state index in [2.05, 4.69) is 22.6 Å². The van der Waals surface area contributed by atoms with E-state index in [0.717, 1.165) is 12.0 Å². The smallest absolute Gasteiger partial charge is 0.169 e. The van der Waals surface area contributed by atoms with Gasteiger partial charge >= 0.3 is 0 Å². The van der Waals surface area contributed by atoms with E-state index < -0.39 is 6.10 Å². The lowest BCUT2D eigenvalue weighted by Crippen LogP contribution is -2.37. The van der Waals surface area contributed by atoms with Gasteiger partial charge in [-0.2, -0.15) is 0 Å². The summed E-state index contributed by atoms with van der Waals surface area (Å²) in [5.41, 5.74) is 0.840. The molecule has 0 bridgehead atoms. The highest BCUT2D eigenvalue weighted by molar-refractivity contribution is 14.1. The highest BCUT2D eigenvalue weighted by Gasteiger charge is 2.37. The predicted octanol–water partition coefficient (Wildman–Crippen LogP) is 2.95. The number of Topliss-reactive ketones (excluding diaryl/α,β-unsaturated/α-hetero) is 1. The van der Waals surface area contributed by atoms with Crippen LogP contribution in [0.2, 0.25) is 5.02 Å². The lowest BCUT2D eigenvalue weighted by molar-refractivity contribution is -0.130. The first-order chi connectivity index (χ1) is 7.61. The van der Waals surface area contributed by atoms with E-state index in [9.17, 15) is 9.90 Å². The molecule has 2 rings (SSSR count). The second-order valence-electron chi connectivity index (χ2n) is 4.01. The molecule has 1 aliphatic rings. The third-order valence-corrected chi connectivity index (χ3v) is 4.64. The molecule has 1 aromatic carbocycles. The molecule has 0 aromatic heterocycles. The lowest BCUT2D eigenvalue weighted by atomic mass is 9.81. The third kappa shape index (κ3) is 2.26. The van der Waals surface area contributed by atoms with Crippen molar-refractivity contribution in [2.45, 2.75) is 28.8 Å². The van der Waals surface area contributed by atoms with Gasteiger partial charge in [-0.3, -0.25) is 4.79 Å². The quantitative estimate of drug-likeness (QED) is 0.624. The number of aliphatic hydroxyl groups is 1. The molecular weight excluding hydrogens is 338 g/mol. The topological polar surface area (TPSA) is 37.3 Å². The van der Waals surface area contributed by atoms with E-state index >= 15 is 0 Å². The van der Waals surface area contributed by atoms with Gasteiger partial charge < -0.3 is 5.11 Å². The van der Waals surface area contributed by atoms with Crippen LogP contribution in [0.3, 0.4) is 0 Å². The average Bonchev–Trinajstić information content (AvgIpc) is 2.27. The molecule has 0 saturated heterocycles. The predicted molar refractivity (Wildman–Crippen MR) is 72.2 cm³/mol. The molecule has 1 N–H and O–H groups in total. The molecule has 0 radical (unpaired) electrons. The van der Waals surface area contributed by atoms with Gasteiger partial charge in [0.15, 0.2) is 5.78 Å². The average molecular weight is 351 g/mol. The molecule has 4 heteroatoms. The monoisotopic (exact) mass is 350 g/mol. The first kappa shape index (κ1) is 12.3.